The molecule has 5 fully saturated rings. The summed E-state index contributed by atoms with van der Waals surface area (Å²) in [6.45, 7) is 29.9. The lowest BCUT2D eigenvalue weighted by Crippen LogP contribution is -2.59. The molecule has 0 aliphatic carbocycles. The van der Waals surface area contributed by atoms with Crippen LogP contribution in [0.15, 0.2) is 0 Å². The zero-order valence-corrected chi connectivity index (χ0v) is 84.1. The molecule has 0 aromatic carbocycles. The van der Waals surface area contributed by atoms with Gasteiger partial charge < -0.3 is 97.1 Å². The number of carbonyl (C=O) groups is 11. The largest absolute Gasteiger partial charge is 0.475 e. The van der Waals surface area contributed by atoms with Crippen molar-refractivity contribution in [3.8, 4) is 0 Å². The lowest BCUT2D eigenvalue weighted by Gasteiger charge is -2.43. The minimum atomic E-state index is -4.99. The topological polar surface area (TPSA) is 480 Å². The number of esters is 3. The fraction of sp³-hybridized carbons (Fsp3) is 0.872. The van der Waals surface area contributed by atoms with Crippen LogP contribution in [0, 0.1) is 59.8 Å². The Morgan fingerprint density at radius 1 is 0.448 bits per heavy atom. The van der Waals surface area contributed by atoms with Crippen LogP contribution in [-0.2, 0) is 146 Å². The molecule has 0 radical (unpaired) electrons. The summed E-state index contributed by atoms with van der Waals surface area (Å²) in [5.41, 5.74) is -1.67. The number of hydrogen-bond acceptors (Lipinski definition) is 33. The van der Waals surface area contributed by atoms with Crippen molar-refractivity contribution in [3.63, 3.8) is 0 Å². The standard InChI is InChI=1S/C93H158N4O33P2.CH4O/c1-62-50-82(130-132(112,113-15)123-49-42-94-14)86(125-62)58-124-131(110,111)129-81-51-75(54-98)97(53-81)89(109)52-88(108)96-93(59-114-46-38-79(105)32-20-16-18-30-76(102)35-23-27-43-117-90-69(8)63(2)66(5)83(126-90)55-120-72(11)99,60-115-47-39-80(106)33-21-17-19-31-77(103)36-24-28-44-118-91-70(9)64(3)67(6)84(127-91)56-121-73(12)100)61-116-48-40-87(107)95-41-26-22-34-78(104)37-25-29-45-119-92-71(10)65(4)68(7)85(128-92)57-122-74(13)101;1-2/h62-71,75,81-86,90-92,98H,16-61H2,1-13,15H3,(H,95,107)(H,96,108)(H,110,111);2H,1H3/t62-,63-,64-,65-,66+,67+,68+,69?,70?,71?,75-,81+,82-,83?,84?,85?,86+,90+,91+,92+,93?,132?;/m0./s1. The number of phosphoric ester groups is 2. The summed E-state index contributed by atoms with van der Waals surface area (Å²) >= 11 is 0. The first-order valence-electron chi connectivity index (χ1n) is 48.4. The van der Waals surface area contributed by atoms with Gasteiger partial charge in [0.2, 0.25) is 24.3 Å². The van der Waals surface area contributed by atoms with Gasteiger partial charge in [0, 0.05) is 163 Å². The van der Waals surface area contributed by atoms with E-state index in [-0.39, 0.29) is 248 Å². The highest BCUT2D eigenvalue weighted by molar-refractivity contribution is 7.48. The fourth-order valence-corrected chi connectivity index (χ4v) is 18.8. The minimum absolute atomic E-state index is 0.0486. The predicted octanol–water partition coefficient (Wildman–Crippen LogP) is 11.6. The van der Waals surface area contributed by atoms with Crippen LogP contribution in [0.1, 0.15) is 270 Å². The number of ether oxygens (including phenoxy) is 13. The molecule has 22 atom stereocenters. The van der Waals surface area contributed by atoms with Gasteiger partial charge in [-0.25, -0.2) is 15.7 Å². The number of aliphatic hydroxyl groups is 2. The summed E-state index contributed by atoms with van der Waals surface area (Å²) in [4.78, 5) is 158. The second kappa shape index (κ2) is 66.2. The number of nitrogens with zero attached hydrogens (tertiary/aromatic N) is 2. The van der Waals surface area contributed by atoms with Gasteiger partial charge in [-0.3, -0.25) is 75.4 Å². The molecule has 5 aliphatic heterocycles. The molecule has 3 amide bonds. The molecule has 8 unspecified atom stereocenters. The highest BCUT2D eigenvalue weighted by Crippen LogP contribution is 2.53. The molecule has 5 saturated heterocycles. The van der Waals surface area contributed by atoms with Crippen molar-refractivity contribution in [3.05, 3.63) is 11.4 Å². The van der Waals surface area contributed by atoms with Crippen LogP contribution < -0.4 is 10.6 Å². The second-order valence-corrected chi connectivity index (χ2v) is 39.7. The number of ketones is 5. The van der Waals surface area contributed by atoms with Crippen LogP contribution in [0.4, 0.5) is 0 Å². The van der Waals surface area contributed by atoms with Gasteiger partial charge in [-0.05, 0) is 126 Å². The lowest BCUT2D eigenvalue weighted by atomic mass is 9.79. The van der Waals surface area contributed by atoms with Crippen molar-refractivity contribution in [1.82, 2.24) is 15.5 Å². The second-order valence-electron chi connectivity index (χ2n) is 36.6. The van der Waals surface area contributed by atoms with Gasteiger partial charge in [0.25, 0.3) is 0 Å². The van der Waals surface area contributed by atoms with Gasteiger partial charge in [0.15, 0.2) is 18.9 Å². The third kappa shape index (κ3) is 47.1. The van der Waals surface area contributed by atoms with E-state index in [1.165, 1.54) is 20.8 Å². The third-order valence-corrected chi connectivity index (χ3v) is 28.5. The van der Waals surface area contributed by atoms with Crippen molar-refractivity contribution in [2.45, 2.75) is 343 Å². The maximum atomic E-state index is 14.5. The molecular formula is C94H162N4O34P2. The summed E-state index contributed by atoms with van der Waals surface area (Å²) in [7, 11) is -7.10. The van der Waals surface area contributed by atoms with Gasteiger partial charge in [-0.1, -0.05) is 75.2 Å². The smallest absolute Gasteiger partial charge is 0.463 e. The number of rotatable bonds is 71. The lowest BCUT2D eigenvalue weighted by molar-refractivity contribution is -0.255. The highest BCUT2D eigenvalue weighted by atomic mass is 31.2. The number of nitrogens with one attached hydrogen (secondary N) is 2. The first-order chi connectivity index (χ1) is 63.8. The number of amides is 3. The molecule has 5 aliphatic rings. The molecule has 0 spiro atoms. The van der Waals surface area contributed by atoms with E-state index in [1.807, 2.05) is 0 Å². The van der Waals surface area contributed by atoms with E-state index in [2.05, 4.69) is 77.8 Å². The number of phosphoric acid groups is 2. The molecule has 5 N–H and O–H groups in total. The molecule has 38 nitrogen and oxygen atoms in total. The Labute approximate surface area is 793 Å². The fourth-order valence-electron chi connectivity index (χ4n) is 16.7. The Morgan fingerprint density at radius 3 is 1.22 bits per heavy atom. The van der Waals surface area contributed by atoms with Crippen LogP contribution in [0.3, 0.4) is 0 Å². The quantitative estimate of drug-likeness (QED) is 0.00943. The van der Waals surface area contributed by atoms with E-state index < -0.39 is 109 Å². The van der Waals surface area contributed by atoms with E-state index in [0.29, 0.717) is 148 Å². The summed E-state index contributed by atoms with van der Waals surface area (Å²) in [6.07, 6.45) is 3.66. The Hall–Kier alpha value is -5.60. The maximum Gasteiger partial charge on any atom is 0.475 e. The van der Waals surface area contributed by atoms with Crippen LogP contribution in [0.5, 0.6) is 0 Å². The molecule has 0 aromatic rings. The van der Waals surface area contributed by atoms with Gasteiger partial charge in [-0.2, -0.15) is 0 Å². The summed E-state index contributed by atoms with van der Waals surface area (Å²) in [5.74, 6) is -1.57. The summed E-state index contributed by atoms with van der Waals surface area (Å²) < 4.78 is 131. The molecule has 134 heavy (non-hydrogen) atoms. The number of Topliss-reactive ketones (excluding diaryl/α,β-unsaturated/α-hetero) is 5. The van der Waals surface area contributed by atoms with E-state index >= 15 is 0 Å². The van der Waals surface area contributed by atoms with Gasteiger partial charge in [0.05, 0.1) is 89.4 Å². The number of carbonyl (C=O) groups excluding carboxylic acids is 11. The summed E-state index contributed by atoms with van der Waals surface area (Å²) in [6, 6.07) is -1.01. The minimum Gasteiger partial charge on any atom is -0.463 e. The number of likely N-dealkylation sites (tertiary alicyclic amines) is 1. The zero-order valence-electron chi connectivity index (χ0n) is 82.4. The van der Waals surface area contributed by atoms with Crippen molar-refractivity contribution in [2.75, 3.05) is 133 Å². The van der Waals surface area contributed by atoms with Crippen LogP contribution in [0.25, 0.3) is 4.85 Å². The maximum absolute atomic E-state index is 14.5. The van der Waals surface area contributed by atoms with E-state index in [9.17, 15) is 71.9 Å². The highest BCUT2D eigenvalue weighted by Gasteiger charge is 2.47. The van der Waals surface area contributed by atoms with Crippen molar-refractivity contribution < 1.29 is 161 Å². The summed E-state index contributed by atoms with van der Waals surface area (Å²) in [5, 5.41) is 23.3. The molecule has 0 saturated carbocycles. The molecule has 772 valence electrons. The molecule has 40 heteroatoms. The van der Waals surface area contributed by atoms with Crippen LogP contribution >= 0.6 is 15.6 Å². The Kier molecular flexibility index (Phi) is 59.6. The first kappa shape index (κ1) is 121. The zero-order chi connectivity index (χ0) is 99.4. The van der Waals surface area contributed by atoms with Crippen molar-refractivity contribution >= 4 is 80.2 Å². The Morgan fingerprint density at radius 2 is 0.836 bits per heavy atom. The molecule has 5 heterocycles. The average Bonchev–Trinajstić information content (AvgIpc) is 1.28. The SMILES string of the molecule is CO.[C-]#[N+]CCOP(=O)(OC)O[C@H]1C[C@H](C)O[C@@H]1COP(=O)(O)O[C@@H]1C[C@@H](CO)N(C(=O)CC(=O)NC(COCCC(=O)CCCCCC(=O)CCCCO[C@@H]2OC(COC(C)=O)[C@H](C)[C@H](C)C2C)(COCCC(=O)CCCCCC(=O)CCCCO[C@@H]2OC(COC(C)=O)[C@H](C)[C@H](C)C2C)COCCC(=O)NCCCCC(=O)CCCCO[C@@H]2OC(COC(C)=O)[C@H](C)[C@H](C)C2C)C1. The Balaban J connectivity index is 0.0000186. The van der Waals surface area contributed by atoms with Gasteiger partial charge >= 0.3 is 33.6 Å². The first-order valence-corrected chi connectivity index (χ1v) is 51.4. The predicted molar refractivity (Wildman–Crippen MR) is 489 cm³/mol. The van der Waals surface area contributed by atoms with Crippen LogP contribution in [-0.4, -0.2) is 291 Å². The van der Waals surface area contributed by atoms with E-state index in [1.54, 1.807) is 6.92 Å². The van der Waals surface area contributed by atoms with Crippen LogP contribution in [0.2, 0.25) is 0 Å². The number of unbranched alkanes of at least 4 members (excludes halogenated alkanes) is 8. The van der Waals surface area contributed by atoms with Gasteiger partial charge in [0.1, 0.15) is 79.5 Å². The van der Waals surface area contributed by atoms with Crippen molar-refractivity contribution in [2.24, 2.45) is 53.3 Å². The van der Waals surface area contributed by atoms with E-state index in [0.717, 1.165) is 19.1 Å². The third-order valence-electron chi connectivity index (χ3n) is 26.0. The van der Waals surface area contributed by atoms with Crippen molar-refractivity contribution in [1.29, 1.82) is 0 Å². The molecule has 5 rings (SSSR count). The monoisotopic (exact) mass is 1950 g/mol. The molecule has 0 aromatic heterocycles. The van der Waals surface area contributed by atoms with Gasteiger partial charge in [-0.15, -0.1) is 0 Å². The molecule has 0 bridgehead atoms. The van der Waals surface area contributed by atoms with E-state index in [4.69, 9.17) is 95.9 Å². The number of aliphatic hydroxyl groups excluding tert-OH is 2. The normalized spacial score (nSPS) is 27.0. The Bertz CT molecular complexity index is 3390. The molecular weight excluding hydrogens is 1790 g/mol. The average molecular weight is 1950 g/mol. The number of hydrogen-bond donors (Lipinski definition) is 5.